The minimum atomic E-state index is -0.220. The maximum absolute atomic E-state index is 12.2. The van der Waals surface area contributed by atoms with Crippen LogP contribution >= 0.6 is 0 Å². The Morgan fingerprint density at radius 1 is 1.11 bits per heavy atom. The summed E-state index contributed by atoms with van der Waals surface area (Å²) >= 11 is 0. The van der Waals surface area contributed by atoms with Gasteiger partial charge in [0.05, 0.1) is 6.54 Å². The highest BCUT2D eigenvalue weighted by molar-refractivity contribution is 5.94. The van der Waals surface area contributed by atoms with Crippen molar-refractivity contribution in [1.82, 2.24) is 10.6 Å². The number of hydrogen-bond acceptors (Lipinski definition) is 4. The van der Waals surface area contributed by atoms with E-state index in [0.717, 1.165) is 23.3 Å². The molecule has 1 aliphatic heterocycles. The lowest BCUT2D eigenvalue weighted by molar-refractivity contribution is -0.119. The smallest absolute Gasteiger partial charge is 0.251 e. The summed E-state index contributed by atoms with van der Waals surface area (Å²) in [5, 5.41) is 5.57. The first kappa shape index (κ1) is 19.7. The van der Waals surface area contributed by atoms with Gasteiger partial charge in [0.2, 0.25) is 5.91 Å². The van der Waals surface area contributed by atoms with Crippen LogP contribution in [-0.4, -0.2) is 30.6 Å². The Hall–Kier alpha value is -3.02. The molecule has 0 saturated heterocycles. The Bertz CT molecular complexity index is 859. The lowest BCUT2D eigenvalue weighted by atomic mass is 10.0. The van der Waals surface area contributed by atoms with Gasteiger partial charge >= 0.3 is 0 Å². The molecule has 0 atom stereocenters. The Kier molecular flexibility index (Phi) is 5.87. The molecule has 0 radical (unpaired) electrons. The molecule has 0 unspecified atom stereocenters. The molecule has 28 heavy (non-hydrogen) atoms. The lowest BCUT2D eigenvalue weighted by Crippen LogP contribution is -2.28. The van der Waals surface area contributed by atoms with Crippen molar-refractivity contribution in [3.63, 3.8) is 0 Å². The molecule has 148 valence electrons. The summed E-state index contributed by atoms with van der Waals surface area (Å²) in [4.78, 5) is 23.2. The zero-order chi connectivity index (χ0) is 20.1. The second kappa shape index (κ2) is 8.33. The Morgan fingerprint density at radius 2 is 1.86 bits per heavy atom. The second-order valence-corrected chi connectivity index (χ2v) is 7.49. The van der Waals surface area contributed by atoms with Crippen molar-refractivity contribution in [2.24, 2.45) is 0 Å². The van der Waals surface area contributed by atoms with Gasteiger partial charge in [-0.15, -0.1) is 0 Å². The highest BCUT2D eigenvalue weighted by Gasteiger charge is 2.32. The third-order valence-electron chi connectivity index (χ3n) is 4.46. The summed E-state index contributed by atoms with van der Waals surface area (Å²) in [7, 11) is 0. The van der Waals surface area contributed by atoms with E-state index in [1.165, 1.54) is 6.92 Å². The molecule has 2 amide bonds. The lowest BCUT2D eigenvalue weighted by Gasteiger charge is -2.18. The molecule has 0 fully saturated rings. The van der Waals surface area contributed by atoms with E-state index >= 15 is 0 Å². The Morgan fingerprint density at radius 3 is 2.57 bits per heavy atom. The SMILES string of the molecule is CC(=O)NCc1ccc(C(=O)NCCOc2cccc3c2OC(C)(C)C3)cc1. The standard InChI is InChI=1S/C22H26N2O4/c1-15(25)24-14-16-7-9-17(10-8-16)21(26)23-11-12-27-19-6-4-5-18-13-22(2,3)28-20(18)19/h4-10H,11-14H2,1-3H3,(H,23,26)(H,24,25). The molecule has 2 aromatic rings. The van der Waals surface area contributed by atoms with Gasteiger partial charge in [-0.05, 0) is 37.6 Å². The van der Waals surface area contributed by atoms with Gasteiger partial charge in [0.1, 0.15) is 12.2 Å². The van der Waals surface area contributed by atoms with Crippen LogP contribution in [-0.2, 0) is 17.8 Å². The van der Waals surface area contributed by atoms with E-state index < -0.39 is 0 Å². The van der Waals surface area contributed by atoms with Crippen LogP contribution in [0.25, 0.3) is 0 Å². The summed E-state index contributed by atoms with van der Waals surface area (Å²) in [5.41, 5.74) is 2.43. The van der Waals surface area contributed by atoms with E-state index in [1.807, 2.05) is 30.3 Å². The van der Waals surface area contributed by atoms with Crippen LogP contribution in [0.5, 0.6) is 11.5 Å². The van der Waals surface area contributed by atoms with Crippen molar-refractivity contribution in [2.75, 3.05) is 13.2 Å². The molecule has 0 aliphatic carbocycles. The van der Waals surface area contributed by atoms with Gasteiger partial charge in [0, 0.05) is 31.0 Å². The molecule has 1 aliphatic rings. The first-order valence-electron chi connectivity index (χ1n) is 9.39. The molecule has 1 heterocycles. The molecule has 0 bridgehead atoms. The first-order valence-corrected chi connectivity index (χ1v) is 9.39. The normalized spacial score (nSPS) is 14.0. The minimum absolute atomic E-state index is 0.0835. The van der Waals surface area contributed by atoms with Gasteiger partial charge in [0.15, 0.2) is 11.5 Å². The average molecular weight is 382 g/mol. The third kappa shape index (κ3) is 5.03. The van der Waals surface area contributed by atoms with Crippen LogP contribution in [0.15, 0.2) is 42.5 Å². The number of ether oxygens (including phenoxy) is 2. The quantitative estimate of drug-likeness (QED) is 0.722. The van der Waals surface area contributed by atoms with E-state index in [0.29, 0.717) is 31.0 Å². The fourth-order valence-corrected chi connectivity index (χ4v) is 3.13. The van der Waals surface area contributed by atoms with Crippen LogP contribution in [0.3, 0.4) is 0 Å². The molecule has 3 rings (SSSR count). The van der Waals surface area contributed by atoms with Crippen molar-refractivity contribution in [2.45, 2.75) is 39.3 Å². The molecule has 0 aromatic heterocycles. The highest BCUT2D eigenvalue weighted by atomic mass is 16.5. The van der Waals surface area contributed by atoms with Gasteiger partial charge in [-0.25, -0.2) is 0 Å². The summed E-state index contributed by atoms with van der Waals surface area (Å²) < 4.78 is 11.8. The maximum Gasteiger partial charge on any atom is 0.251 e. The number of amides is 2. The fourth-order valence-electron chi connectivity index (χ4n) is 3.13. The molecule has 2 aromatic carbocycles. The zero-order valence-electron chi connectivity index (χ0n) is 16.5. The Labute approximate surface area is 165 Å². The maximum atomic E-state index is 12.2. The number of rotatable bonds is 7. The number of nitrogens with one attached hydrogen (secondary N) is 2. The van der Waals surface area contributed by atoms with Crippen molar-refractivity contribution < 1.29 is 19.1 Å². The van der Waals surface area contributed by atoms with Crippen LogP contribution in [0, 0.1) is 0 Å². The van der Waals surface area contributed by atoms with Crippen LogP contribution < -0.4 is 20.1 Å². The van der Waals surface area contributed by atoms with Gasteiger partial charge < -0.3 is 20.1 Å². The second-order valence-electron chi connectivity index (χ2n) is 7.49. The number of hydrogen-bond donors (Lipinski definition) is 2. The van der Waals surface area contributed by atoms with Crippen molar-refractivity contribution in [3.8, 4) is 11.5 Å². The molecule has 6 heteroatoms. The first-order chi connectivity index (χ1) is 13.3. The topological polar surface area (TPSA) is 76.7 Å². The monoisotopic (exact) mass is 382 g/mol. The molecule has 0 saturated carbocycles. The zero-order valence-corrected chi connectivity index (χ0v) is 16.5. The van der Waals surface area contributed by atoms with E-state index in [9.17, 15) is 9.59 Å². The van der Waals surface area contributed by atoms with E-state index in [2.05, 4.69) is 24.5 Å². The number of fused-ring (bicyclic) bond motifs is 1. The van der Waals surface area contributed by atoms with E-state index in [4.69, 9.17) is 9.47 Å². The van der Waals surface area contributed by atoms with Crippen molar-refractivity contribution in [1.29, 1.82) is 0 Å². The number of benzene rings is 2. The average Bonchev–Trinajstić information content (AvgIpc) is 2.98. The predicted octanol–water partition coefficient (Wildman–Crippen LogP) is 2.85. The van der Waals surface area contributed by atoms with Crippen molar-refractivity contribution in [3.05, 3.63) is 59.2 Å². The number of para-hydroxylation sites is 1. The summed E-state index contributed by atoms with van der Waals surface area (Å²) in [6.45, 7) is 6.77. The molecular formula is C22H26N2O4. The Balaban J connectivity index is 1.47. The van der Waals surface area contributed by atoms with Gasteiger partial charge in [-0.1, -0.05) is 24.3 Å². The van der Waals surface area contributed by atoms with E-state index in [-0.39, 0.29) is 17.4 Å². The van der Waals surface area contributed by atoms with Crippen molar-refractivity contribution >= 4 is 11.8 Å². The summed E-state index contributed by atoms with van der Waals surface area (Å²) in [5.74, 6) is 1.26. The predicted molar refractivity (Wildman–Crippen MR) is 107 cm³/mol. The number of carbonyl (C=O) groups excluding carboxylic acids is 2. The van der Waals surface area contributed by atoms with Gasteiger partial charge in [-0.2, -0.15) is 0 Å². The summed E-state index contributed by atoms with van der Waals surface area (Å²) in [6, 6.07) is 13.0. The highest BCUT2D eigenvalue weighted by Crippen LogP contribution is 2.41. The molecule has 0 spiro atoms. The molecule has 6 nitrogen and oxygen atoms in total. The molecular weight excluding hydrogens is 356 g/mol. The summed E-state index contributed by atoms with van der Waals surface area (Å²) in [6.07, 6.45) is 0.855. The van der Waals surface area contributed by atoms with E-state index in [1.54, 1.807) is 12.1 Å². The largest absolute Gasteiger partial charge is 0.488 e. The van der Waals surface area contributed by atoms with Crippen LogP contribution in [0.4, 0.5) is 0 Å². The minimum Gasteiger partial charge on any atom is -0.488 e. The fraction of sp³-hybridized carbons (Fsp3) is 0.364. The van der Waals surface area contributed by atoms with Crippen LogP contribution in [0.1, 0.15) is 42.3 Å². The molecule has 2 N–H and O–H groups in total. The van der Waals surface area contributed by atoms with Crippen LogP contribution in [0.2, 0.25) is 0 Å². The number of carbonyl (C=O) groups is 2. The third-order valence-corrected chi connectivity index (χ3v) is 4.46. The van der Waals surface area contributed by atoms with Gasteiger partial charge in [-0.3, -0.25) is 9.59 Å². The van der Waals surface area contributed by atoms with Gasteiger partial charge in [0.25, 0.3) is 5.91 Å².